The number of nitrogens with zero attached hydrogens (tertiary/aromatic N) is 1. The van der Waals surface area contributed by atoms with E-state index < -0.39 is 11.6 Å². The van der Waals surface area contributed by atoms with Gasteiger partial charge >= 0.3 is 6.03 Å². The zero-order chi connectivity index (χ0) is 19.4. The Hall–Kier alpha value is -2.89. The number of ether oxygens (including phenoxy) is 1. The van der Waals surface area contributed by atoms with Crippen LogP contribution < -0.4 is 10.1 Å². The maximum absolute atomic E-state index is 13.4. The molecule has 0 aromatic heterocycles. The lowest BCUT2D eigenvalue weighted by atomic mass is 9.84. The minimum absolute atomic E-state index is 0.150. The average Bonchev–Trinajstić information content (AvgIpc) is 2.92. The first-order valence-electron chi connectivity index (χ1n) is 9.03. The number of carbonyl (C=O) groups is 2. The summed E-state index contributed by atoms with van der Waals surface area (Å²) in [7, 11) is 1.57. The van der Waals surface area contributed by atoms with Crippen molar-refractivity contribution in [2.45, 2.75) is 38.3 Å². The van der Waals surface area contributed by atoms with E-state index in [4.69, 9.17) is 4.74 Å². The lowest BCUT2D eigenvalue weighted by Crippen LogP contribution is -2.44. The third-order valence-electron chi connectivity index (χ3n) is 4.89. The van der Waals surface area contributed by atoms with E-state index in [1.165, 1.54) is 17.0 Å². The molecule has 27 heavy (non-hydrogen) atoms. The summed E-state index contributed by atoms with van der Waals surface area (Å²) in [5, 5.41) is 2.87. The smallest absolute Gasteiger partial charge is 0.325 e. The summed E-state index contributed by atoms with van der Waals surface area (Å²) in [6.07, 6.45) is 2.10. The molecule has 1 N–H and O–H groups in total. The summed E-state index contributed by atoms with van der Waals surface area (Å²) in [5.41, 5.74) is 0.242. The van der Waals surface area contributed by atoms with Crippen molar-refractivity contribution in [3.63, 3.8) is 0 Å². The summed E-state index contributed by atoms with van der Waals surface area (Å²) in [5.74, 6) is -0.0277. The fourth-order valence-electron chi connectivity index (χ4n) is 3.41. The van der Waals surface area contributed by atoms with E-state index in [0.29, 0.717) is 17.7 Å². The van der Waals surface area contributed by atoms with Crippen LogP contribution in [-0.2, 0) is 16.9 Å². The van der Waals surface area contributed by atoms with Crippen LogP contribution in [-0.4, -0.2) is 23.9 Å². The second kappa shape index (κ2) is 7.78. The summed E-state index contributed by atoms with van der Waals surface area (Å²) < 4.78 is 18.6. The quantitative estimate of drug-likeness (QED) is 0.750. The summed E-state index contributed by atoms with van der Waals surface area (Å²) >= 11 is 0. The van der Waals surface area contributed by atoms with Crippen molar-refractivity contribution < 1.29 is 18.7 Å². The SMILES string of the molecule is CCCC[C@@]1(c2ccc(F)cc2)NC(=O)N(Cc2cccc(OC)c2)C1=O. The molecule has 6 heteroatoms. The van der Waals surface area contributed by atoms with Crippen molar-refractivity contribution in [1.82, 2.24) is 10.2 Å². The van der Waals surface area contributed by atoms with Gasteiger partial charge in [-0.3, -0.25) is 9.69 Å². The Labute approximate surface area is 158 Å². The predicted molar refractivity (Wildman–Crippen MR) is 99.7 cm³/mol. The number of urea groups is 1. The molecule has 1 saturated heterocycles. The number of imide groups is 1. The van der Waals surface area contributed by atoms with E-state index >= 15 is 0 Å². The van der Waals surface area contributed by atoms with Crippen LogP contribution in [0.15, 0.2) is 48.5 Å². The van der Waals surface area contributed by atoms with Crippen LogP contribution in [0.2, 0.25) is 0 Å². The van der Waals surface area contributed by atoms with E-state index in [0.717, 1.165) is 18.4 Å². The molecule has 0 bridgehead atoms. The van der Waals surface area contributed by atoms with Crippen LogP contribution >= 0.6 is 0 Å². The van der Waals surface area contributed by atoms with Gasteiger partial charge in [-0.1, -0.05) is 44.0 Å². The van der Waals surface area contributed by atoms with Crippen molar-refractivity contribution in [2.75, 3.05) is 7.11 Å². The van der Waals surface area contributed by atoms with Crippen molar-refractivity contribution >= 4 is 11.9 Å². The van der Waals surface area contributed by atoms with Crippen molar-refractivity contribution in [3.8, 4) is 5.75 Å². The van der Waals surface area contributed by atoms with Crippen molar-refractivity contribution in [2.24, 2.45) is 0 Å². The molecular weight excluding hydrogens is 347 g/mol. The Bertz CT molecular complexity index is 838. The fourth-order valence-corrected chi connectivity index (χ4v) is 3.41. The first-order chi connectivity index (χ1) is 13.0. The van der Waals surface area contributed by atoms with Crippen LogP contribution in [0.25, 0.3) is 0 Å². The summed E-state index contributed by atoms with van der Waals surface area (Å²) in [6, 6.07) is 12.6. The van der Waals surface area contributed by atoms with E-state index in [-0.39, 0.29) is 18.3 Å². The molecule has 0 saturated carbocycles. The Morgan fingerprint density at radius 1 is 1.15 bits per heavy atom. The third-order valence-corrected chi connectivity index (χ3v) is 4.89. The van der Waals surface area contributed by atoms with E-state index in [1.807, 2.05) is 19.1 Å². The number of halogens is 1. The third kappa shape index (κ3) is 3.65. The molecule has 2 aromatic carbocycles. The van der Waals surface area contributed by atoms with Gasteiger partial charge in [0.2, 0.25) is 0 Å². The molecule has 142 valence electrons. The largest absolute Gasteiger partial charge is 0.497 e. The highest BCUT2D eigenvalue weighted by Gasteiger charge is 2.51. The molecule has 5 nitrogen and oxygen atoms in total. The predicted octanol–water partition coefficient (Wildman–Crippen LogP) is 3.97. The molecule has 3 rings (SSSR count). The maximum atomic E-state index is 13.4. The minimum atomic E-state index is -1.15. The van der Waals surface area contributed by atoms with E-state index in [9.17, 15) is 14.0 Å². The highest BCUT2D eigenvalue weighted by molar-refractivity contribution is 6.07. The first-order valence-corrected chi connectivity index (χ1v) is 9.03. The van der Waals surface area contributed by atoms with Gasteiger partial charge in [-0.05, 0) is 41.8 Å². The van der Waals surface area contributed by atoms with Gasteiger partial charge in [-0.25, -0.2) is 9.18 Å². The van der Waals surface area contributed by atoms with Crippen LogP contribution in [0.5, 0.6) is 5.75 Å². The zero-order valence-corrected chi connectivity index (χ0v) is 15.5. The molecule has 0 aliphatic carbocycles. The second-order valence-corrected chi connectivity index (χ2v) is 6.69. The van der Waals surface area contributed by atoms with E-state index in [2.05, 4.69) is 5.32 Å². The van der Waals surface area contributed by atoms with Crippen LogP contribution in [0.4, 0.5) is 9.18 Å². The number of hydrogen-bond donors (Lipinski definition) is 1. The molecule has 0 spiro atoms. The van der Waals surface area contributed by atoms with Gasteiger partial charge in [0.25, 0.3) is 5.91 Å². The van der Waals surface area contributed by atoms with Crippen molar-refractivity contribution in [3.05, 3.63) is 65.5 Å². The highest BCUT2D eigenvalue weighted by atomic mass is 19.1. The molecule has 1 fully saturated rings. The average molecular weight is 370 g/mol. The van der Waals surface area contributed by atoms with Crippen LogP contribution in [0, 0.1) is 5.82 Å². The van der Waals surface area contributed by atoms with Gasteiger partial charge in [0.05, 0.1) is 13.7 Å². The summed E-state index contributed by atoms with van der Waals surface area (Å²) in [4.78, 5) is 27.2. The monoisotopic (exact) mass is 370 g/mol. The topological polar surface area (TPSA) is 58.6 Å². The second-order valence-electron chi connectivity index (χ2n) is 6.69. The fraction of sp³-hybridized carbons (Fsp3) is 0.333. The molecule has 0 radical (unpaired) electrons. The molecule has 2 aromatic rings. The zero-order valence-electron chi connectivity index (χ0n) is 15.5. The molecule has 1 atom stereocenters. The Morgan fingerprint density at radius 2 is 1.89 bits per heavy atom. The number of unbranched alkanes of at least 4 members (excludes halogenated alkanes) is 1. The Kier molecular flexibility index (Phi) is 5.44. The van der Waals surface area contributed by atoms with Crippen LogP contribution in [0.1, 0.15) is 37.3 Å². The van der Waals surface area contributed by atoms with Gasteiger partial charge in [0.1, 0.15) is 17.1 Å². The number of rotatable bonds is 7. The first kappa shape index (κ1) is 18.9. The number of nitrogens with one attached hydrogen (secondary N) is 1. The number of carbonyl (C=O) groups excluding carboxylic acids is 2. The normalized spacial score (nSPS) is 19.3. The molecule has 1 aliphatic rings. The minimum Gasteiger partial charge on any atom is -0.497 e. The lowest BCUT2D eigenvalue weighted by Gasteiger charge is -2.27. The standard InChI is InChI=1S/C21H23FN2O3/c1-3-4-12-21(16-8-10-17(22)11-9-16)19(25)24(20(26)23-21)14-15-6-5-7-18(13-15)27-2/h5-11,13H,3-4,12,14H2,1-2H3,(H,23,26)/t21-/m0/s1. The van der Waals surface area contributed by atoms with Crippen molar-refractivity contribution in [1.29, 1.82) is 0 Å². The number of methoxy groups -OCH3 is 1. The van der Waals surface area contributed by atoms with Gasteiger partial charge in [-0.2, -0.15) is 0 Å². The number of benzene rings is 2. The molecule has 3 amide bonds. The molecule has 1 aliphatic heterocycles. The summed E-state index contributed by atoms with van der Waals surface area (Å²) in [6.45, 7) is 2.17. The van der Waals surface area contributed by atoms with Gasteiger partial charge in [0.15, 0.2) is 0 Å². The Balaban J connectivity index is 1.93. The van der Waals surface area contributed by atoms with Gasteiger partial charge < -0.3 is 10.1 Å². The molecule has 1 heterocycles. The van der Waals surface area contributed by atoms with E-state index in [1.54, 1.807) is 31.4 Å². The molecule has 0 unspecified atom stereocenters. The van der Waals surface area contributed by atoms with Gasteiger partial charge in [0, 0.05) is 0 Å². The van der Waals surface area contributed by atoms with Gasteiger partial charge in [-0.15, -0.1) is 0 Å². The molecular formula is C21H23FN2O3. The lowest BCUT2D eigenvalue weighted by molar-refractivity contribution is -0.132. The maximum Gasteiger partial charge on any atom is 0.325 e. The Morgan fingerprint density at radius 3 is 2.56 bits per heavy atom. The van der Waals surface area contributed by atoms with Crippen LogP contribution in [0.3, 0.4) is 0 Å². The number of amides is 3. The number of hydrogen-bond acceptors (Lipinski definition) is 3. The highest BCUT2D eigenvalue weighted by Crippen LogP contribution is 2.35.